The first-order valence-corrected chi connectivity index (χ1v) is 14.7. The fourth-order valence-electron chi connectivity index (χ4n) is 8.19. The number of aromatic hydroxyl groups is 1. The lowest BCUT2D eigenvalue weighted by Gasteiger charge is -2.50. The molecule has 0 aromatic heterocycles. The molecule has 43 heavy (non-hydrogen) atoms. The summed E-state index contributed by atoms with van der Waals surface area (Å²) in [6.07, 6.45) is 2.66. The first-order valence-electron chi connectivity index (χ1n) is 14.7. The normalized spacial score (nSPS) is 29.5. The van der Waals surface area contributed by atoms with Gasteiger partial charge in [-0.3, -0.25) is 29.9 Å². The van der Waals surface area contributed by atoms with Crippen molar-refractivity contribution in [3.05, 3.63) is 106 Å². The third kappa shape index (κ3) is 3.82. The van der Waals surface area contributed by atoms with E-state index < -0.39 is 35.0 Å². The van der Waals surface area contributed by atoms with E-state index in [0.717, 1.165) is 21.7 Å². The first-order chi connectivity index (χ1) is 20.6. The van der Waals surface area contributed by atoms with Gasteiger partial charge in [0.2, 0.25) is 11.8 Å². The zero-order valence-corrected chi connectivity index (χ0v) is 24.3. The van der Waals surface area contributed by atoms with Crippen molar-refractivity contribution < 1.29 is 24.3 Å². The second-order valence-electron chi connectivity index (χ2n) is 12.4. The van der Waals surface area contributed by atoms with Crippen molar-refractivity contribution in [2.75, 3.05) is 5.43 Å². The Morgan fingerprint density at radius 3 is 2.23 bits per heavy atom. The molecule has 0 spiro atoms. The van der Waals surface area contributed by atoms with Gasteiger partial charge in [-0.2, -0.15) is 5.01 Å². The molecule has 2 saturated heterocycles. The first kappa shape index (κ1) is 27.1. The van der Waals surface area contributed by atoms with Gasteiger partial charge in [0.25, 0.3) is 11.8 Å². The maximum absolute atomic E-state index is 15.0. The summed E-state index contributed by atoms with van der Waals surface area (Å²) >= 11 is 0. The van der Waals surface area contributed by atoms with Crippen LogP contribution in [0.15, 0.2) is 78.4 Å². The van der Waals surface area contributed by atoms with E-state index in [9.17, 15) is 19.5 Å². The molecule has 3 N–H and O–H groups in total. The predicted octanol–water partition coefficient (Wildman–Crippen LogP) is 4.59. The number of hydrogen-bond acceptors (Lipinski definition) is 6. The lowest BCUT2D eigenvalue weighted by molar-refractivity contribution is -0.138. The summed E-state index contributed by atoms with van der Waals surface area (Å²) in [7, 11) is 0. The summed E-state index contributed by atoms with van der Waals surface area (Å²) in [4.78, 5) is 55.5. The molecule has 1 saturated carbocycles. The van der Waals surface area contributed by atoms with Crippen molar-refractivity contribution in [2.24, 2.45) is 23.7 Å². The van der Waals surface area contributed by atoms with Gasteiger partial charge in [0.15, 0.2) is 0 Å². The molecule has 3 fully saturated rings. The fraction of sp³-hybridized carbons (Fsp3) is 0.314. The third-order valence-electron chi connectivity index (χ3n) is 10.1. The predicted molar refractivity (Wildman–Crippen MR) is 160 cm³/mol. The van der Waals surface area contributed by atoms with Crippen LogP contribution in [0.4, 0.5) is 5.69 Å². The number of hydrogen-bond donors (Lipinski definition) is 3. The van der Waals surface area contributed by atoms with Crippen molar-refractivity contribution in [1.29, 1.82) is 0 Å². The zero-order chi connectivity index (χ0) is 30.2. The number of allylic oxidation sites excluding steroid dienone is 2. The van der Waals surface area contributed by atoms with Gasteiger partial charge in [-0.25, -0.2) is 0 Å². The quantitative estimate of drug-likeness (QED) is 0.310. The molecular formula is C35H33N3O5. The number of phenols is 1. The molecule has 0 bridgehead atoms. The summed E-state index contributed by atoms with van der Waals surface area (Å²) in [6.45, 7) is 5.61. The minimum Gasteiger partial charge on any atom is -0.507 e. The van der Waals surface area contributed by atoms with E-state index in [0.29, 0.717) is 28.8 Å². The number of aryl methyl sites for hydroxylation is 3. The Labute approximate surface area is 249 Å². The van der Waals surface area contributed by atoms with Crippen LogP contribution in [-0.2, 0) is 24.6 Å². The van der Waals surface area contributed by atoms with Gasteiger partial charge in [0.1, 0.15) is 5.75 Å². The average molecular weight is 576 g/mol. The van der Waals surface area contributed by atoms with E-state index in [-0.39, 0.29) is 35.8 Å². The van der Waals surface area contributed by atoms with E-state index in [2.05, 4.69) is 10.7 Å². The minimum absolute atomic E-state index is 0.177. The Bertz CT molecular complexity index is 1710. The highest BCUT2D eigenvalue weighted by Gasteiger charge is 2.70. The van der Waals surface area contributed by atoms with Crippen LogP contribution in [0, 0.1) is 44.4 Å². The molecule has 7 rings (SSSR count). The maximum Gasteiger partial charge on any atom is 0.260 e. The number of imide groups is 2. The molecule has 0 radical (unpaired) electrons. The topological polar surface area (TPSA) is 116 Å². The van der Waals surface area contributed by atoms with Gasteiger partial charge >= 0.3 is 0 Å². The number of hydrazine groups is 1. The Morgan fingerprint density at radius 2 is 1.56 bits per heavy atom. The second kappa shape index (κ2) is 9.66. The summed E-state index contributed by atoms with van der Waals surface area (Å²) < 4.78 is 0. The molecule has 4 aliphatic rings. The molecule has 3 aromatic carbocycles. The van der Waals surface area contributed by atoms with Gasteiger partial charge in [0.05, 0.1) is 28.9 Å². The standard InChI is InChI=1S/C35H33N3O5/c1-18-9-11-23(12-10-18)37-38-33(42)27-17-26-24(13-14-25-28(26)32(41)36-31(25)40)29(21-15-19(2)30(39)20(3)16-21)35(27,34(38)43)22-7-5-4-6-8-22/h4-13,15-16,25-29,37,39H,14,17H2,1-3H3,(H,36,40,41)/t25-,26+,27-,28-,29-,35+/m0/s1. The molecule has 0 unspecified atom stereocenters. The molecule has 4 amide bonds. The maximum atomic E-state index is 15.0. The number of fused-ring (bicyclic) bond motifs is 4. The fourth-order valence-corrected chi connectivity index (χ4v) is 8.19. The Balaban J connectivity index is 1.48. The van der Waals surface area contributed by atoms with Crippen LogP contribution in [0.3, 0.4) is 0 Å². The van der Waals surface area contributed by atoms with Gasteiger partial charge in [0, 0.05) is 5.92 Å². The summed E-state index contributed by atoms with van der Waals surface area (Å²) in [5.74, 6) is -4.07. The second-order valence-corrected chi connectivity index (χ2v) is 12.4. The summed E-state index contributed by atoms with van der Waals surface area (Å²) in [5.41, 5.74) is 7.17. The Hall–Kier alpha value is -4.72. The van der Waals surface area contributed by atoms with Crippen LogP contribution in [0.5, 0.6) is 5.75 Å². The van der Waals surface area contributed by atoms with Gasteiger partial charge in [-0.1, -0.05) is 71.8 Å². The van der Waals surface area contributed by atoms with Crippen LogP contribution in [0.25, 0.3) is 0 Å². The van der Waals surface area contributed by atoms with Crippen LogP contribution in [0.1, 0.15) is 46.6 Å². The lowest BCUT2D eigenvalue weighted by atomic mass is 9.49. The zero-order valence-electron chi connectivity index (χ0n) is 24.3. The van der Waals surface area contributed by atoms with Crippen LogP contribution < -0.4 is 10.7 Å². The van der Waals surface area contributed by atoms with Crippen molar-refractivity contribution in [3.63, 3.8) is 0 Å². The monoisotopic (exact) mass is 575 g/mol. The molecule has 8 nitrogen and oxygen atoms in total. The largest absolute Gasteiger partial charge is 0.507 e. The lowest BCUT2D eigenvalue weighted by Crippen LogP contribution is -2.53. The molecule has 2 aliphatic heterocycles. The number of benzene rings is 3. The molecule has 218 valence electrons. The highest BCUT2D eigenvalue weighted by molar-refractivity contribution is 6.13. The van der Waals surface area contributed by atoms with E-state index in [1.54, 1.807) is 0 Å². The van der Waals surface area contributed by atoms with Gasteiger partial charge in [-0.05, 0) is 73.9 Å². The smallest absolute Gasteiger partial charge is 0.260 e. The third-order valence-corrected chi connectivity index (χ3v) is 10.1. The van der Waals surface area contributed by atoms with Crippen molar-refractivity contribution in [1.82, 2.24) is 10.3 Å². The molecule has 8 heteroatoms. The van der Waals surface area contributed by atoms with Crippen molar-refractivity contribution in [2.45, 2.75) is 44.9 Å². The van der Waals surface area contributed by atoms with Crippen molar-refractivity contribution >= 4 is 29.3 Å². The van der Waals surface area contributed by atoms with E-state index >= 15 is 4.79 Å². The van der Waals surface area contributed by atoms with Gasteiger partial charge < -0.3 is 5.11 Å². The summed E-state index contributed by atoms with van der Waals surface area (Å²) in [6, 6.07) is 20.7. The Kier molecular flexibility index (Phi) is 6.09. The number of phenolic OH excluding ortho intramolecular Hbond substituents is 1. The molecular weight excluding hydrogens is 542 g/mol. The molecule has 2 aliphatic carbocycles. The minimum atomic E-state index is -1.32. The molecule has 6 atom stereocenters. The van der Waals surface area contributed by atoms with E-state index in [1.165, 1.54) is 0 Å². The molecule has 2 heterocycles. The van der Waals surface area contributed by atoms with E-state index in [4.69, 9.17) is 0 Å². The number of anilines is 1. The highest BCUT2D eigenvalue weighted by Crippen LogP contribution is 2.63. The van der Waals surface area contributed by atoms with Crippen LogP contribution in [-0.4, -0.2) is 33.7 Å². The Morgan fingerprint density at radius 1 is 0.884 bits per heavy atom. The number of nitrogens with zero attached hydrogens (tertiary/aromatic N) is 1. The average Bonchev–Trinajstić information content (AvgIpc) is 3.41. The number of carbonyl (C=O) groups excluding carboxylic acids is 4. The van der Waals surface area contributed by atoms with Crippen molar-refractivity contribution in [3.8, 4) is 5.75 Å². The summed E-state index contributed by atoms with van der Waals surface area (Å²) in [5, 5.41) is 14.4. The highest BCUT2D eigenvalue weighted by atomic mass is 16.3. The van der Waals surface area contributed by atoms with Crippen LogP contribution >= 0.6 is 0 Å². The van der Waals surface area contributed by atoms with Crippen LogP contribution in [0.2, 0.25) is 0 Å². The number of amides is 4. The van der Waals surface area contributed by atoms with Gasteiger partial charge in [-0.15, -0.1) is 0 Å². The number of rotatable bonds is 4. The molecule has 3 aromatic rings. The SMILES string of the molecule is Cc1ccc(NN2C(=O)[C@@H]3C[C@@H]4C(=CC[C@@H]5C(=O)NC(=O)[C@@H]54)[C@H](c4cc(C)c(O)c(C)c4)[C@]3(c3ccccc3)C2=O)cc1. The number of carbonyl (C=O) groups is 4. The van der Waals surface area contributed by atoms with E-state index in [1.807, 2.05) is 93.6 Å². The number of nitrogens with one attached hydrogen (secondary N) is 2.